The molecule has 0 aliphatic heterocycles. The molecule has 2 N–H and O–H groups in total. The molecule has 1 atom stereocenters. The van der Waals surface area contributed by atoms with E-state index in [1.165, 1.54) is 0 Å². The van der Waals surface area contributed by atoms with Crippen LogP contribution in [0.25, 0.3) is 0 Å². The van der Waals surface area contributed by atoms with Gasteiger partial charge in [0.2, 0.25) is 5.91 Å². The Morgan fingerprint density at radius 3 is 2.24 bits per heavy atom. The molecule has 0 radical (unpaired) electrons. The summed E-state index contributed by atoms with van der Waals surface area (Å²) in [6.45, 7) is 6.11. The van der Waals surface area contributed by atoms with Crippen molar-refractivity contribution < 1.29 is 4.79 Å². The lowest BCUT2D eigenvalue weighted by Crippen LogP contribution is -2.33. The van der Waals surface area contributed by atoms with E-state index in [1.54, 1.807) is 4.90 Å². The second kappa shape index (κ2) is 5.71. The van der Waals surface area contributed by atoms with Crippen LogP contribution in [0.1, 0.15) is 38.7 Å². The number of rotatable bonds is 4. The summed E-state index contributed by atoms with van der Waals surface area (Å²) in [4.78, 5) is 13.7. The highest BCUT2D eigenvalue weighted by atomic mass is 16.2. The van der Waals surface area contributed by atoms with Gasteiger partial charge in [-0.2, -0.15) is 0 Å². The first-order valence-electron chi connectivity index (χ1n) is 6.03. The van der Waals surface area contributed by atoms with Gasteiger partial charge in [0.15, 0.2) is 0 Å². The number of carbonyl (C=O) groups excluding carboxylic acids is 1. The zero-order valence-corrected chi connectivity index (χ0v) is 11.1. The van der Waals surface area contributed by atoms with Crippen LogP contribution >= 0.6 is 0 Å². The second-order valence-corrected chi connectivity index (χ2v) is 4.87. The van der Waals surface area contributed by atoms with Crippen LogP contribution in [-0.2, 0) is 4.79 Å². The van der Waals surface area contributed by atoms with E-state index in [4.69, 9.17) is 5.73 Å². The van der Waals surface area contributed by atoms with Crippen molar-refractivity contribution in [1.29, 1.82) is 0 Å². The van der Waals surface area contributed by atoms with Gasteiger partial charge in [-0.05, 0) is 37.5 Å². The maximum absolute atomic E-state index is 11.9. The molecule has 94 valence electrons. The third-order valence-electron chi connectivity index (χ3n) is 3.15. The molecule has 1 unspecified atom stereocenters. The summed E-state index contributed by atoms with van der Waals surface area (Å²) in [6.07, 6.45) is 0.540. The minimum atomic E-state index is 0.185. The van der Waals surface area contributed by atoms with Gasteiger partial charge >= 0.3 is 0 Å². The first-order valence-corrected chi connectivity index (χ1v) is 6.03. The average molecular weight is 234 g/mol. The van der Waals surface area contributed by atoms with Crippen molar-refractivity contribution in [3.63, 3.8) is 0 Å². The number of amides is 1. The van der Waals surface area contributed by atoms with Gasteiger partial charge in [-0.1, -0.05) is 19.1 Å². The van der Waals surface area contributed by atoms with E-state index in [0.717, 1.165) is 11.3 Å². The van der Waals surface area contributed by atoms with Gasteiger partial charge in [0.25, 0.3) is 0 Å². The van der Waals surface area contributed by atoms with Crippen LogP contribution < -0.4 is 5.73 Å². The number of carbonyl (C=O) groups is 1. The van der Waals surface area contributed by atoms with E-state index < -0.39 is 0 Å². The van der Waals surface area contributed by atoms with Gasteiger partial charge in [0.1, 0.15) is 0 Å². The van der Waals surface area contributed by atoms with E-state index >= 15 is 0 Å². The third-order valence-corrected chi connectivity index (χ3v) is 3.15. The number of nitrogens with two attached hydrogens (primary N) is 1. The van der Waals surface area contributed by atoms with E-state index in [9.17, 15) is 4.79 Å². The predicted octanol–water partition coefficient (Wildman–Crippen LogP) is 2.63. The van der Waals surface area contributed by atoms with Crippen LogP contribution in [0.2, 0.25) is 0 Å². The molecule has 3 nitrogen and oxygen atoms in total. The van der Waals surface area contributed by atoms with Crippen molar-refractivity contribution >= 4 is 11.6 Å². The molecule has 0 saturated carbocycles. The van der Waals surface area contributed by atoms with Gasteiger partial charge in [-0.3, -0.25) is 4.79 Å². The molecule has 3 heteroatoms. The van der Waals surface area contributed by atoms with Gasteiger partial charge in [-0.15, -0.1) is 0 Å². The summed E-state index contributed by atoms with van der Waals surface area (Å²) >= 11 is 0. The SMILES string of the molecule is CC(CC(=O)N(C)C(C)C)c1ccc(N)cc1. The first kappa shape index (κ1) is 13.6. The molecule has 1 aromatic carbocycles. The molecule has 1 aromatic rings. The second-order valence-electron chi connectivity index (χ2n) is 4.87. The molecule has 0 aliphatic carbocycles. The smallest absolute Gasteiger partial charge is 0.223 e. The molecule has 0 spiro atoms. The van der Waals surface area contributed by atoms with Crippen molar-refractivity contribution in [2.45, 2.75) is 39.2 Å². The van der Waals surface area contributed by atoms with Crippen LogP contribution in [0.15, 0.2) is 24.3 Å². The highest BCUT2D eigenvalue weighted by molar-refractivity contribution is 5.77. The zero-order valence-electron chi connectivity index (χ0n) is 11.1. The zero-order chi connectivity index (χ0) is 13.0. The van der Waals surface area contributed by atoms with Crippen molar-refractivity contribution in [2.24, 2.45) is 0 Å². The maximum atomic E-state index is 11.9. The number of benzene rings is 1. The number of nitrogen functional groups attached to an aromatic ring is 1. The number of hydrogen-bond acceptors (Lipinski definition) is 2. The fraction of sp³-hybridized carbons (Fsp3) is 0.500. The highest BCUT2D eigenvalue weighted by Gasteiger charge is 2.16. The lowest BCUT2D eigenvalue weighted by atomic mass is 9.97. The highest BCUT2D eigenvalue weighted by Crippen LogP contribution is 2.21. The minimum Gasteiger partial charge on any atom is -0.399 e. The fourth-order valence-corrected chi connectivity index (χ4v) is 1.64. The summed E-state index contributed by atoms with van der Waals surface area (Å²) in [6, 6.07) is 7.98. The van der Waals surface area contributed by atoms with Gasteiger partial charge < -0.3 is 10.6 Å². The molecular formula is C14H22N2O. The van der Waals surface area contributed by atoms with Gasteiger partial charge in [-0.25, -0.2) is 0 Å². The van der Waals surface area contributed by atoms with Crippen LogP contribution in [-0.4, -0.2) is 23.9 Å². The van der Waals surface area contributed by atoms with E-state index in [0.29, 0.717) is 6.42 Å². The normalized spacial score (nSPS) is 12.5. The summed E-state index contributed by atoms with van der Waals surface area (Å²) in [5.41, 5.74) is 7.55. The van der Waals surface area contributed by atoms with E-state index in [1.807, 2.05) is 45.2 Å². The standard InChI is InChI=1S/C14H22N2O/c1-10(2)16(4)14(17)9-11(3)12-5-7-13(15)8-6-12/h5-8,10-11H,9,15H2,1-4H3. The molecule has 0 heterocycles. The Kier molecular flexibility index (Phi) is 4.55. The van der Waals surface area contributed by atoms with Crippen LogP contribution in [0.5, 0.6) is 0 Å². The van der Waals surface area contributed by atoms with E-state index in [-0.39, 0.29) is 17.9 Å². The molecule has 0 aliphatic rings. The number of anilines is 1. The monoisotopic (exact) mass is 234 g/mol. The van der Waals surface area contributed by atoms with Crippen LogP contribution in [0, 0.1) is 0 Å². The molecule has 1 amide bonds. The number of hydrogen-bond donors (Lipinski definition) is 1. The predicted molar refractivity (Wildman–Crippen MR) is 71.8 cm³/mol. The van der Waals surface area contributed by atoms with Crippen molar-refractivity contribution in [2.75, 3.05) is 12.8 Å². The molecule has 0 fully saturated rings. The average Bonchev–Trinajstić information content (AvgIpc) is 2.28. The molecule has 17 heavy (non-hydrogen) atoms. The maximum Gasteiger partial charge on any atom is 0.223 e. The topological polar surface area (TPSA) is 46.3 Å². The minimum absolute atomic E-state index is 0.185. The summed E-state index contributed by atoms with van der Waals surface area (Å²) in [7, 11) is 1.85. The first-order chi connectivity index (χ1) is 7.91. The lowest BCUT2D eigenvalue weighted by Gasteiger charge is -2.23. The molecular weight excluding hydrogens is 212 g/mol. The Labute approximate surface area is 104 Å². The van der Waals surface area contributed by atoms with Crippen molar-refractivity contribution in [3.8, 4) is 0 Å². The Morgan fingerprint density at radius 1 is 1.24 bits per heavy atom. The Hall–Kier alpha value is -1.51. The van der Waals surface area contributed by atoms with Crippen LogP contribution in [0.4, 0.5) is 5.69 Å². The molecule has 0 saturated heterocycles. The quantitative estimate of drug-likeness (QED) is 0.814. The summed E-state index contributed by atoms with van der Waals surface area (Å²) in [5.74, 6) is 0.411. The van der Waals surface area contributed by atoms with Crippen molar-refractivity contribution in [1.82, 2.24) is 4.90 Å². The molecule has 0 aromatic heterocycles. The molecule has 0 bridgehead atoms. The molecule has 1 rings (SSSR count). The van der Waals surface area contributed by atoms with Crippen molar-refractivity contribution in [3.05, 3.63) is 29.8 Å². The van der Waals surface area contributed by atoms with E-state index in [2.05, 4.69) is 6.92 Å². The summed E-state index contributed by atoms with van der Waals surface area (Å²) < 4.78 is 0. The third kappa shape index (κ3) is 3.77. The fourth-order valence-electron chi connectivity index (χ4n) is 1.64. The summed E-state index contributed by atoms with van der Waals surface area (Å²) in [5, 5.41) is 0. The lowest BCUT2D eigenvalue weighted by molar-refractivity contribution is -0.131. The van der Waals surface area contributed by atoms with Gasteiger partial charge in [0.05, 0.1) is 0 Å². The Morgan fingerprint density at radius 2 is 1.76 bits per heavy atom. The Balaban J connectivity index is 2.63. The number of nitrogens with zero attached hydrogens (tertiary/aromatic N) is 1. The Bertz CT molecular complexity index is 370. The van der Waals surface area contributed by atoms with Crippen LogP contribution in [0.3, 0.4) is 0 Å². The van der Waals surface area contributed by atoms with Gasteiger partial charge in [0, 0.05) is 25.2 Å². The largest absolute Gasteiger partial charge is 0.399 e.